The molecule has 1 aliphatic rings. The Labute approximate surface area is 99.6 Å². The van der Waals surface area contributed by atoms with Crippen LogP contribution in [-0.2, 0) is 0 Å². The van der Waals surface area contributed by atoms with Gasteiger partial charge < -0.3 is 5.11 Å². The summed E-state index contributed by atoms with van der Waals surface area (Å²) in [7, 11) is 0. The molecule has 0 amide bonds. The molecule has 90 valence electrons. The monoisotopic (exact) mass is 220 g/mol. The summed E-state index contributed by atoms with van der Waals surface area (Å²) >= 11 is 0. The predicted molar refractivity (Wildman–Crippen MR) is 70.4 cm³/mol. The number of aliphatic hydroxyl groups excluding tert-OH is 1. The van der Waals surface area contributed by atoms with E-state index in [9.17, 15) is 5.11 Å². The summed E-state index contributed by atoms with van der Waals surface area (Å²) in [6.07, 6.45) is 8.14. The molecule has 0 aromatic rings. The van der Waals surface area contributed by atoms with Crippen LogP contribution in [0.25, 0.3) is 0 Å². The van der Waals surface area contributed by atoms with Crippen LogP contribution in [0.4, 0.5) is 0 Å². The average molecular weight is 220 g/mol. The van der Waals surface area contributed by atoms with Gasteiger partial charge in [-0.2, -0.15) is 0 Å². The lowest BCUT2D eigenvalue weighted by atomic mass is 9.93. The minimum Gasteiger partial charge on any atom is -0.388 e. The fraction of sp³-hybridized carbons (Fsp3) is 0.600. The topological polar surface area (TPSA) is 20.2 Å². The van der Waals surface area contributed by atoms with Crippen LogP contribution < -0.4 is 0 Å². The summed E-state index contributed by atoms with van der Waals surface area (Å²) in [5.41, 5.74) is 5.30. The van der Waals surface area contributed by atoms with Crippen molar-refractivity contribution in [1.82, 2.24) is 0 Å². The van der Waals surface area contributed by atoms with Gasteiger partial charge in [0.15, 0.2) is 0 Å². The van der Waals surface area contributed by atoms with Crippen molar-refractivity contribution in [2.45, 2.75) is 59.5 Å². The third-order valence-corrected chi connectivity index (χ3v) is 3.37. The van der Waals surface area contributed by atoms with Gasteiger partial charge in [0.05, 0.1) is 6.10 Å². The van der Waals surface area contributed by atoms with Crippen LogP contribution in [0.2, 0.25) is 0 Å². The van der Waals surface area contributed by atoms with E-state index in [4.69, 9.17) is 0 Å². The maximum Gasteiger partial charge on any atom is 0.0784 e. The molecule has 0 bridgehead atoms. The highest BCUT2D eigenvalue weighted by Gasteiger charge is 2.11. The molecule has 1 aliphatic carbocycles. The Morgan fingerprint density at radius 1 is 1.25 bits per heavy atom. The molecule has 0 aromatic carbocycles. The first kappa shape index (κ1) is 13.2. The van der Waals surface area contributed by atoms with Gasteiger partial charge in [0.25, 0.3) is 0 Å². The molecule has 0 aromatic heterocycles. The molecule has 0 fully saturated rings. The Morgan fingerprint density at radius 2 is 1.94 bits per heavy atom. The molecule has 16 heavy (non-hydrogen) atoms. The quantitative estimate of drug-likeness (QED) is 0.608. The first-order valence-electron chi connectivity index (χ1n) is 6.16. The fourth-order valence-electron chi connectivity index (χ4n) is 1.95. The molecular weight excluding hydrogens is 196 g/mol. The normalized spacial score (nSPS) is 30.1. The summed E-state index contributed by atoms with van der Waals surface area (Å²) in [5, 5.41) is 10.1. The molecule has 0 aliphatic heterocycles. The molecule has 0 spiro atoms. The number of rotatable bonds is 0. The molecule has 0 heterocycles. The van der Waals surface area contributed by atoms with Crippen LogP contribution in [0.15, 0.2) is 34.4 Å². The summed E-state index contributed by atoms with van der Waals surface area (Å²) in [4.78, 5) is 0. The Bertz CT molecular complexity index is 327. The molecule has 1 atom stereocenters. The van der Waals surface area contributed by atoms with Crippen LogP contribution >= 0.6 is 0 Å². The maximum atomic E-state index is 10.1. The van der Waals surface area contributed by atoms with Gasteiger partial charge in [0.2, 0.25) is 0 Å². The van der Waals surface area contributed by atoms with E-state index in [-0.39, 0.29) is 6.10 Å². The third-order valence-electron chi connectivity index (χ3n) is 3.37. The van der Waals surface area contributed by atoms with Crippen molar-refractivity contribution >= 4 is 0 Å². The van der Waals surface area contributed by atoms with E-state index >= 15 is 0 Å². The van der Waals surface area contributed by atoms with Gasteiger partial charge in [-0.15, -0.1) is 0 Å². The van der Waals surface area contributed by atoms with E-state index in [1.54, 1.807) is 0 Å². The highest BCUT2D eigenvalue weighted by atomic mass is 16.3. The van der Waals surface area contributed by atoms with Crippen LogP contribution in [0.3, 0.4) is 0 Å². The van der Waals surface area contributed by atoms with E-state index in [0.29, 0.717) is 0 Å². The van der Waals surface area contributed by atoms with E-state index in [1.165, 1.54) is 16.7 Å². The van der Waals surface area contributed by atoms with Crippen molar-refractivity contribution < 1.29 is 5.11 Å². The predicted octanol–water partition coefficient (Wildman–Crippen LogP) is 4.15. The van der Waals surface area contributed by atoms with E-state index in [1.807, 2.05) is 6.92 Å². The Kier molecular flexibility index (Phi) is 5.01. The summed E-state index contributed by atoms with van der Waals surface area (Å²) in [6, 6.07) is 0. The standard InChI is InChI=1S/C15H24O/c1-11(2)14-9-8-12(3)6-5-7-13(4)15(16)10-14/h7-8,15-16H,5-6,9-10H2,1-4H3/b12-8+,13-7+. The van der Waals surface area contributed by atoms with Crippen molar-refractivity contribution in [2.24, 2.45) is 0 Å². The van der Waals surface area contributed by atoms with Gasteiger partial charge in [-0.25, -0.2) is 0 Å². The second kappa shape index (κ2) is 6.05. The zero-order valence-electron chi connectivity index (χ0n) is 11.0. The summed E-state index contributed by atoms with van der Waals surface area (Å²) in [6.45, 7) is 8.50. The molecule has 0 radical (unpaired) electrons. The number of hydrogen-bond acceptors (Lipinski definition) is 1. The second-order valence-corrected chi connectivity index (χ2v) is 5.06. The molecule has 1 heteroatoms. The van der Waals surface area contributed by atoms with Gasteiger partial charge in [-0.05, 0) is 59.0 Å². The maximum absolute atomic E-state index is 10.1. The Hall–Kier alpha value is -0.820. The molecule has 1 unspecified atom stereocenters. The van der Waals surface area contributed by atoms with Gasteiger partial charge in [-0.1, -0.05) is 28.9 Å². The molecule has 1 nitrogen and oxygen atoms in total. The lowest BCUT2D eigenvalue weighted by Gasteiger charge is -2.17. The Morgan fingerprint density at radius 3 is 2.56 bits per heavy atom. The third kappa shape index (κ3) is 3.97. The van der Waals surface area contributed by atoms with Gasteiger partial charge in [0, 0.05) is 0 Å². The molecule has 0 saturated carbocycles. The molecule has 1 rings (SSSR count). The molecule has 0 saturated heterocycles. The van der Waals surface area contributed by atoms with Crippen molar-refractivity contribution in [2.75, 3.05) is 0 Å². The first-order chi connectivity index (χ1) is 7.50. The lowest BCUT2D eigenvalue weighted by molar-refractivity contribution is 0.209. The highest BCUT2D eigenvalue weighted by Crippen LogP contribution is 2.23. The van der Waals surface area contributed by atoms with E-state index in [0.717, 1.165) is 31.3 Å². The SMILES string of the molecule is CC(C)=C1C/C=C(\C)CC/C=C(\C)C(O)C1. The van der Waals surface area contributed by atoms with Crippen LogP contribution in [0.5, 0.6) is 0 Å². The zero-order valence-corrected chi connectivity index (χ0v) is 11.0. The molecule has 1 N–H and O–H groups in total. The van der Waals surface area contributed by atoms with Crippen LogP contribution in [-0.4, -0.2) is 11.2 Å². The van der Waals surface area contributed by atoms with E-state index < -0.39 is 0 Å². The Balaban J connectivity index is 2.92. The van der Waals surface area contributed by atoms with Gasteiger partial charge in [0.1, 0.15) is 0 Å². The molecular formula is C15H24O. The minimum atomic E-state index is -0.295. The second-order valence-electron chi connectivity index (χ2n) is 5.06. The van der Waals surface area contributed by atoms with Crippen LogP contribution in [0.1, 0.15) is 53.4 Å². The van der Waals surface area contributed by atoms with Crippen molar-refractivity contribution in [3.8, 4) is 0 Å². The smallest absolute Gasteiger partial charge is 0.0784 e. The van der Waals surface area contributed by atoms with Crippen molar-refractivity contribution in [1.29, 1.82) is 0 Å². The number of aliphatic hydroxyl groups is 1. The van der Waals surface area contributed by atoms with Crippen molar-refractivity contribution in [3.63, 3.8) is 0 Å². The first-order valence-corrected chi connectivity index (χ1v) is 6.16. The summed E-state index contributed by atoms with van der Waals surface area (Å²) in [5.74, 6) is 0. The average Bonchev–Trinajstić information content (AvgIpc) is 2.22. The number of allylic oxidation sites excluding steroid dienone is 4. The number of hydrogen-bond donors (Lipinski definition) is 1. The van der Waals surface area contributed by atoms with Crippen LogP contribution in [0, 0.1) is 0 Å². The van der Waals surface area contributed by atoms with E-state index in [2.05, 4.69) is 32.9 Å². The van der Waals surface area contributed by atoms with Crippen molar-refractivity contribution in [3.05, 3.63) is 34.4 Å². The zero-order chi connectivity index (χ0) is 12.1. The fourth-order valence-corrected chi connectivity index (χ4v) is 1.95. The minimum absolute atomic E-state index is 0.295. The lowest BCUT2D eigenvalue weighted by Crippen LogP contribution is -2.10. The summed E-state index contributed by atoms with van der Waals surface area (Å²) < 4.78 is 0. The largest absolute Gasteiger partial charge is 0.388 e. The van der Waals surface area contributed by atoms with Gasteiger partial charge in [-0.3, -0.25) is 0 Å². The van der Waals surface area contributed by atoms with Gasteiger partial charge >= 0.3 is 0 Å². The highest BCUT2D eigenvalue weighted by molar-refractivity contribution is 5.21.